The van der Waals surface area contributed by atoms with Crippen molar-refractivity contribution in [3.8, 4) is 0 Å². The molecule has 10 heteroatoms. The minimum absolute atomic E-state index is 0.0815. The van der Waals surface area contributed by atoms with Crippen LogP contribution in [0.25, 0.3) is 0 Å². The number of benzene rings is 1. The Hall–Kier alpha value is -2.30. The first-order chi connectivity index (χ1) is 14.9. The normalized spacial score (nSPS) is 19.1. The Morgan fingerprint density at radius 1 is 1.06 bits per heavy atom. The molecule has 168 valence electrons. The van der Waals surface area contributed by atoms with Gasteiger partial charge in [-0.2, -0.15) is 17.0 Å². The highest BCUT2D eigenvalue weighted by molar-refractivity contribution is 7.86. The highest BCUT2D eigenvalue weighted by atomic mass is 32.2. The van der Waals surface area contributed by atoms with E-state index in [1.807, 2.05) is 30.3 Å². The van der Waals surface area contributed by atoms with E-state index in [-0.39, 0.29) is 17.6 Å². The van der Waals surface area contributed by atoms with Crippen LogP contribution in [0.15, 0.2) is 36.5 Å². The lowest BCUT2D eigenvalue weighted by Crippen LogP contribution is -2.55. The van der Waals surface area contributed by atoms with Gasteiger partial charge in [-0.05, 0) is 18.4 Å². The second-order valence-corrected chi connectivity index (χ2v) is 10.3. The number of carbonyl (C=O) groups excluding carboxylic acids is 1. The maximum atomic E-state index is 13.0. The van der Waals surface area contributed by atoms with Crippen molar-refractivity contribution in [3.05, 3.63) is 47.8 Å². The van der Waals surface area contributed by atoms with E-state index in [2.05, 4.69) is 10.3 Å². The monoisotopic (exact) mass is 446 g/mol. The van der Waals surface area contributed by atoms with Crippen molar-refractivity contribution in [2.45, 2.75) is 44.7 Å². The molecule has 1 aliphatic carbocycles. The molecule has 2 aromatic rings. The Kier molecular flexibility index (Phi) is 6.68. The lowest BCUT2D eigenvalue weighted by atomic mass is 9.96. The molecule has 9 nitrogen and oxygen atoms in total. The summed E-state index contributed by atoms with van der Waals surface area (Å²) >= 11 is 0. The molecule has 1 saturated heterocycles. The molecule has 1 amide bonds. The molecule has 0 unspecified atom stereocenters. The van der Waals surface area contributed by atoms with Crippen LogP contribution in [0.3, 0.4) is 0 Å². The Morgan fingerprint density at radius 3 is 2.42 bits per heavy atom. The lowest BCUT2D eigenvalue weighted by molar-refractivity contribution is 0.0687. The van der Waals surface area contributed by atoms with Gasteiger partial charge in [0.15, 0.2) is 5.69 Å². The fourth-order valence-electron chi connectivity index (χ4n) is 4.34. The number of amides is 1. The molecular weight excluding hydrogens is 416 g/mol. The summed E-state index contributed by atoms with van der Waals surface area (Å²) in [5.74, 6) is -0.211. The minimum Gasteiger partial charge on any atom is -0.335 e. The van der Waals surface area contributed by atoms with Crippen LogP contribution in [0.5, 0.6) is 0 Å². The quantitative estimate of drug-likeness (QED) is 0.672. The van der Waals surface area contributed by atoms with Crippen LogP contribution in [0.4, 0.5) is 0 Å². The summed E-state index contributed by atoms with van der Waals surface area (Å²) in [6.07, 6.45) is 6.84. The fourth-order valence-corrected chi connectivity index (χ4v) is 5.92. The zero-order valence-electron chi connectivity index (χ0n) is 17.9. The maximum absolute atomic E-state index is 13.0. The maximum Gasteiger partial charge on any atom is 0.282 e. The van der Waals surface area contributed by atoms with Gasteiger partial charge in [-0.1, -0.05) is 54.8 Å². The van der Waals surface area contributed by atoms with Crippen molar-refractivity contribution < 1.29 is 13.2 Å². The van der Waals surface area contributed by atoms with Gasteiger partial charge < -0.3 is 4.90 Å². The molecular formula is C21H30N6O3S. The third kappa shape index (κ3) is 4.97. The molecule has 0 radical (unpaired) electrons. The van der Waals surface area contributed by atoms with E-state index >= 15 is 0 Å². The van der Waals surface area contributed by atoms with Gasteiger partial charge in [-0.15, -0.1) is 5.10 Å². The van der Waals surface area contributed by atoms with Crippen molar-refractivity contribution in [1.29, 1.82) is 0 Å². The Balaban J connectivity index is 1.33. The van der Waals surface area contributed by atoms with Crippen molar-refractivity contribution in [2.24, 2.45) is 0 Å². The average Bonchev–Trinajstić information content (AvgIpc) is 3.28. The van der Waals surface area contributed by atoms with Crippen LogP contribution in [-0.4, -0.2) is 82.1 Å². The number of nitrogens with zero attached hydrogens (tertiary/aromatic N) is 6. The Labute approximate surface area is 183 Å². The van der Waals surface area contributed by atoms with Gasteiger partial charge in [0.1, 0.15) is 0 Å². The smallest absolute Gasteiger partial charge is 0.282 e. The molecule has 1 aromatic carbocycles. The summed E-state index contributed by atoms with van der Waals surface area (Å²) in [6.45, 7) is 1.83. The SMILES string of the molecule is CN(C1CCCCC1)S(=O)(=O)N1CCN(C(=O)c2cn(Cc3ccccc3)nn2)CC1. The first kappa shape index (κ1) is 21.9. The fraction of sp³-hybridized carbons (Fsp3) is 0.571. The standard InChI is InChI=1S/C21H30N6O3S/c1-24(19-10-6-3-7-11-19)31(29,30)27-14-12-25(13-15-27)21(28)20-17-26(23-22-20)16-18-8-4-2-5-9-18/h2,4-5,8-9,17,19H,3,6-7,10-16H2,1H3. The van der Waals surface area contributed by atoms with Crippen LogP contribution in [-0.2, 0) is 16.8 Å². The van der Waals surface area contributed by atoms with Gasteiger partial charge in [0.05, 0.1) is 12.7 Å². The molecule has 2 fully saturated rings. The topological polar surface area (TPSA) is 91.6 Å². The number of rotatable bonds is 6. The average molecular weight is 447 g/mol. The molecule has 1 saturated carbocycles. The summed E-state index contributed by atoms with van der Waals surface area (Å²) < 4.78 is 30.7. The van der Waals surface area contributed by atoms with Crippen LogP contribution >= 0.6 is 0 Å². The van der Waals surface area contributed by atoms with Crippen molar-refractivity contribution in [1.82, 2.24) is 28.5 Å². The van der Waals surface area contributed by atoms with E-state index in [4.69, 9.17) is 0 Å². The summed E-state index contributed by atoms with van der Waals surface area (Å²) in [5, 5.41) is 8.09. The van der Waals surface area contributed by atoms with Gasteiger partial charge in [0.2, 0.25) is 0 Å². The molecule has 0 N–H and O–H groups in total. The van der Waals surface area contributed by atoms with Crippen molar-refractivity contribution >= 4 is 16.1 Å². The van der Waals surface area contributed by atoms with E-state index in [9.17, 15) is 13.2 Å². The van der Waals surface area contributed by atoms with Crippen molar-refractivity contribution in [3.63, 3.8) is 0 Å². The molecule has 1 aliphatic heterocycles. The van der Waals surface area contributed by atoms with Crippen LogP contribution in [0.2, 0.25) is 0 Å². The van der Waals surface area contributed by atoms with Crippen LogP contribution < -0.4 is 0 Å². The Morgan fingerprint density at radius 2 is 1.74 bits per heavy atom. The zero-order valence-corrected chi connectivity index (χ0v) is 18.7. The summed E-state index contributed by atoms with van der Waals surface area (Å²) in [7, 11) is -1.82. The molecule has 31 heavy (non-hydrogen) atoms. The molecule has 0 spiro atoms. The van der Waals surface area contributed by atoms with E-state index in [0.29, 0.717) is 32.7 Å². The number of hydrogen-bond donors (Lipinski definition) is 0. The second-order valence-electron chi connectivity index (χ2n) is 8.29. The molecule has 2 aliphatic rings. The molecule has 4 rings (SSSR count). The highest BCUT2D eigenvalue weighted by Gasteiger charge is 2.35. The number of hydrogen-bond acceptors (Lipinski definition) is 5. The summed E-state index contributed by atoms with van der Waals surface area (Å²) in [6, 6.07) is 9.93. The number of carbonyl (C=O) groups is 1. The third-order valence-corrected chi connectivity index (χ3v) is 8.29. The van der Waals surface area contributed by atoms with E-state index in [1.165, 1.54) is 10.7 Å². The van der Waals surface area contributed by atoms with Crippen LogP contribution in [0, 0.1) is 0 Å². The first-order valence-corrected chi connectivity index (χ1v) is 12.3. The van der Waals surface area contributed by atoms with Crippen molar-refractivity contribution in [2.75, 3.05) is 33.2 Å². The van der Waals surface area contributed by atoms with E-state index in [0.717, 1.165) is 31.2 Å². The third-order valence-electron chi connectivity index (χ3n) is 6.25. The predicted octanol–water partition coefficient (Wildman–Crippen LogP) is 1.59. The van der Waals surface area contributed by atoms with E-state index < -0.39 is 10.2 Å². The predicted molar refractivity (Wildman–Crippen MR) is 117 cm³/mol. The van der Waals surface area contributed by atoms with Gasteiger partial charge in [-0.3, -0.25) is 4.79 Å². The second kappa shape index (κ2) is 9.46. The zero-order chi connectivity index (χ0) is 21.8. The van der Waals surface area contributed by atoms with Gasteiger partial charge >= 0.3 is 0 Å². The lowest BCUT2D eigenvalue weighted by Gasteiger charge is -2.38. The summed E-state index contributed by atoms with van der Waals surface area (Å²) in [5.41, 5.74) is 1.36. The first-order valence-electron chi connectivity index (χ1n) is 10.9. The summed E-state index contributed by atoms with van der Waals surface area (Å²) in [4.78, 5) is 14.5. The molecule has 0 bridgehead atoms. The largest absolute Gasteiger partial charge is 0.335 e. The number of piperazine rings is 1. The van der Waals surface area contributed by atoms with Gasteiger partial charge in [0.25, 0.3) is 16.1 Å². The molecule has 0 atom stereocenters. The van der Waals surface area contributed by atoms with Gasteiger partial charge in [0, 0.05) is 39.3 Å². The van der Waals surface area contributed by atoms with Gasteiger partial charge in [-0.25, -0.2) is 4.68 Å². The molecule has 1 aromatic heterocycles. The van der Waals surface area contributed by atoms with Crippen LogP contribution in [0.1, 0.15) is 48.2 Å². The number of aromatic nitrogens is 3. The Bertz CT molecular complexity index is 980. The molecule has 2 heterocycles. The highest BCUT2D eigenvalue weighted by Crippen LogP contribution is 2.25. The minimum atomic E-state index is -3.51. The van der Waals surface area contributed by atoms with E-state index in [1.54, 1.807) is 27.1 Å².